The van der Waals surface area contributed by atoms with Crippen LogP contribution in [0.15, 0.2) is 53.9 Å². The summed E-state index contributed by atoms with van der Waals surface area (Å²) in [6.45, 7) is 1.34. The summed E-state index contributed by atoms with van der Waals surface area (Å²) in [7, 11) is 0. The Labute approximate surface area is 174 Å². The fourth-order valence-corrected chi connectivity index (χ4v) is 4.20. The quantitative estimate of drug-likeness (QED) is 0.500. The number of hydrogen-bond acceptors (Lipinski definition) is 5. The zero-order chi connectivity index (χ0) is 20.7. The lowest BCUT2D eigenvalue weighted by atomic mass is 10.2. The highest BCUT2D eigenvalue weighted by Gasteiger charge is 2.26. The van der Waals surface area contributed by atoms with E-state index in [0.717, 1.165) is 10.6 Å². The lowest BCUT2D eigenvalue weighted by Crippen LogP contribution is -2.38. The van der Waals surface area contributed by atoms with Gasteiger partial charge in [-0.1, -0.05) is 0 Å². The summed E-state index contributed by atoms with van der Waals surface area (Å²) in [5, 5.41) is 11.2. The predicted molar refractivity (Wildman–Crippen MR) is 108 cm³/mol. The average Bonchev–Trinajstić information content (AvgIpc) is 3.41. The molecule has 0 bridgehead atoms. The zero-order valence-electron chi connectivity index (χ0n) is 15.6. The zero-order valence-corrected chi connectivity index (χ0v) is 16.4. The number of amides is 1. The SMILES string of the molecule is O=C(c1ccc(F)cc1)N1CCn2c(nnc2-c2csc(-c3ccc(F)cc3)n2)C1. The largest absolute Gasteiger partial charge is 0.329 e. The molecule has 2 aromatic carbocycles. The molecule has 4 aromatic rings. The number of fused-ring (bicyclic) bond motifs is 1. The minimum Gasteiger partial charge on any atom is -0.329 e. The predicted octanol–water partition coefficient (Wildman–Crippen LogP) is 4.00. The Balaban J connectivity index is 1.37. The van der Waals surface area contributed by atoms with Crippen LogP contribution in [-0.2, 0) is 13.1 Å². The number of benzene rings is 2. The first-order chi connectivity index (χ1) is 14.6. The standard InChI is InChI=1S/C21H15F2N5OS/c22-15-5-1-13(2-6-15)20-24-17(12-30-20)19-26-25-18-11-27(9-10-28(18)19)21(29)14-3-7-16(23)8-4-14/h1-8,12H,9-11H2. The van der Waals surface area contributed by atoms with Crippen LogP contribution in [0, 0.1) is 11.6 Å². The molecule has 0 radical (unpaired) electrons. The second-order valence-corrected chi connectivity index (χ2v) is 7.73. The van der Waals surface area contributed by atoms with Crippen molar-refractivity contribution in [2.75, 3.05) is 6.54 Å². The van der Waals surface area contributed by atoms with E-state index in [2.05, 4.69) is 15.2 Å². The fourth-order valence-electron chi connectivity index (χ4n) is 3.40. The van der Waals surface area contributed by atoms with Crippen molar-refractivity contribution in [3.05, 3.63) is 76.9 Å². The third kappa shape index (κ3) is 3.37. The number of thiazole rings is 1. The Kier molecular flexibility index (Phi) is 4.59. The summed E-state index contributed by atoms with van der Waals surface area (Å²) in [5.74, 6) is 0.476. The molecule has 0 aliphatic carbocycles. The number of hydrogen-bond donors (Lipinski definition) is 0. The fraction of sp³-hybridized carbons (Fsp3) is 0.143. The van der Waals surface area contributed by atoms with Gasteiger partial charge >= 0.3 is 0 Å². The number of carbonyl (C=O) groups excluding carboxylic acids is 1. The lowest BCUT2D eigenvalue weighted by molar-refractivity contribution is 0.0708. The third-order valence-corrected chi connectivity index (χ3v) is 5.85. The van der Waals surface area contributed by atoms with Crippen LogP contribution in [0.5, 0.6) is 0 Å². The van der Waals surface area contributed by atoms with Crippen molar-refractivity contribution in [1.29, 1.82) is 0 Å². The number of aromatic nitrogens is 4. The van der Waals surface area contributed by atoms with Gasteiger partial charge in [0, 0.05) is 29.6 Å². The molecule has 6 nitrogen and oxygen atoms in total. The minimum atomic E-state index is -0.377. The molecule has 1 amide bonds. The van der Waals surface area contributed by atoms with Crippen molar-refractivity contribution >= 4 is 17.2 Å². The summed E-state index contributed by atoms with van der Waals surface area (Å²) >= 11 is 1.45. The molecule has 9 heteroatoms. The molecule has 0 saturated carbocycles. The lowest BCUT2D eigenvalue weighted by Gasteiger charge is -2.27. The van der Waals surface area contributed by atoms with Crippen molar-refractivity contribution in [3.63, 3.8) is 0 Å². The molecular weight excluding hydrogens is 408 g/mol. The number of rotatable bonds is 3. The van der Waals surface area contributed by atoms with Gasteiger partial charge in [-0.2, -0.15) is 0 Å². The Morgan fingerprint density at radius 2 is 1.63 bits per heavy atom. The first-order valence-electron chi connectivity index (χ1n) is 9.27. The third-order valence-electron chi connectivity index (χ3n) is 4.96. The minimum absolute atomic E-state index is 0.168. The van der Waals surface area contributed by atoms with Crippen LogP contribution in [0.4, 0.5) is 8.78 Å². The van der Waals surface area contributed by atoms with Crippen molar-refractivity contribution < 1.29 is 13.6 Å². The van der Waals surface area contributed by atoms with E-state index in [1.54, 1.807) is 17.0 Å². The van der Waals surface area contributed by atoms with Gasteiger partial charge in [0.05, 0.1) is 6.54 Å². The molecule has 1 aliphatic heterocycles. The highest BCUT2D eigenvalue weighted by Crippen LogP contribution is 2.29. The van der Waals surface area contributed by atoms with Gasteiger partial charge < -0.3 is 9.47 Å². The van der Waals surface area contributed by atoms with Crippen LogP contribution in [0.2, 0.25) is 0 Å². The van der Waals surface area contributed by atoms with Crippen LogP contribution in [0.1, 0.15) is 16.2 Å². The van der Waals surface area contributed by atoms with Crippen molar-refractivity contribution in [2.24, 2.45) is 0 Å². The van der Waals surface area contributed by atoms with Crippen molar-refractivity contribution in [1.82, 2.24) is 24.6 Å². The second kappa shape index (κ2) is 7.42. The van der Waals surface area contributed by atoms with Gasteiger partial charge in [-0.15, -0.1) is 21.5 Å². The molecule has 5 rings (SSSR count). The van der Waals surface area contributed by atoms with Crippen LogP contribution in [0.25, 0.3) is 22.1 Å². The molecule has 3 heterocycles. The Morgan fingerprint density at radius 1 is 0.933 bits per heavy atom. The van der Waals surface area contributed by atoms with E-state index in [1.807, 2.05) is 9.95 Å². The van der Waals surface area contributed by atoms with Crippen LogP contribution in [-0.4, -0.2) is 37.1 Å². The summed E-state index contributed by atoms with van der Waals surface area (Å²) in [5.41, 5.74) is 1.96. The van der Waals surface area contributed by atoms with Gasteiger partial charge in [0.25, 0.3) is 5.91 Å². The normalized spacial score (nSPS) is 13.3. The second-order valence-electron chi connectivity index (χ2n) is 6.87. The van der Waals surface area contributed by atoms with E-state index in [4.69, 9.17) is 0 Å². The molecular formula is C21H15F2N5OS. The molecule has 30 heavy (non-hydrogen) atoms. The summed E-state index contributed by atoms with van der Waals surface area (Å²) in [6.07, 6.45) is 0. The molecule has 150 valence electrons. The first kappa shape index (κ1) is 18.6. The van der Waals surface area contributed by atoms with E-state index in [-0.39, 0.29) is 17.5 Å². The van der Waals surface area contributed by atoms with Gasteiger partial charge in [-0.25, -0.2) is 13.8 Å². The van der Waals surface area contributed by atoms with Gasteiger partial charge in [-0.05, 0) is 48.5 Å². The number of nitrogens with zero attached hydrogens (tertiary/aromatic N) is 5. The van der Waals surface area contributed by atoms with Crippen LogP contribution >= 0.6 is 11.3 Å². The molecule has 0 unspecified atom stereocenters. The van der Waals surface area contributed by atoms with E-state index >= 15 is 0 Å². The van der Waals surface area contributed by atoms with Gasteiger partial charge in [-0.3, -0.25) is 4.79 Å². The molecule has 2 aromatic heterocycles. The Hall–Kier alpha value is -3.46. The maximum atomic E-state index is 13.2. The maximum absolute atomic E-state index is 13.2. The monoisotopic (exact) mass is 423 g/mol. The van der Waals surface area contributed by atoms with E-state index in [9.17, 15) is 13.6 Å². The molecule has 0 N–H and O–H groups in total. The first-order valence-corrected chi connectivity index (χ1v) is 10.2. The summed E-state index contributed by atoms with van der Waals surface area (Å²) in [6, 6.07) is 11.7. The van der Waals surface area contributed by atoms with Crippen LogP contribution < -0.4 is 0 Å². The molecule has 1 aliphatic rings. The number of carbonyl (C=O) groups is 1. The van der Waals surface area contributed by atoms with E-state index in [0.29, 0.717) is 42.5 Å². The van der Waals surface area contributed by atoms with Gasteiger partial charge in [0.2, 0.25) is 0 Å². The van der Waals surface area contributed by atoms with Crippen molar-refractivity contribution in [3.8, 4) is 22.1 Å². The molecule has 0 spiro atoms. The van der Waals surface area contributed by atoms with Crippen molar-refractivity contribution in [2.45, 2.75) is 13.1 Å². The maximum Gasteiger partial charge on any atom is 0.254 e. The summed E-state index contributed by atoms with van der Waals surface area (Å²) in [4.78, 5) is 19.0. The van der Waals surface area contributed by atoms with Gasteiger partial charge in [0.1, 0.15) is 22.3 Å². The topological polar surface area (TPSA) is 63.9 Å². The number of halogens is 2. The van der Waals surface area contributed by atoms with E-state index in [1.165, 1.54) is 47.7 Å². The molecule has 0 atom stereocenters. The van der Waals surface area contributed by atoms with E-state index < -0.39 is 0 Å². The van der Waals surface area contributed by atoms with Gasteiger partial charge in [0.15, 0.2) is 11.6 Å². The highest BCUT2D eigenvalue weighted by atomic mass is 32.1. The van der Waals surface area contributed by atoms with Crippen LogP contribution in [0.3, 0.4) is 0 Å². The summed E-state index contributed by atoms with van der Waals surface area (Å²) < 4.78 is 28.2. The Morgan fingerprint density at radius 3 is 2.37 bits per heavy atom. The molecule has 0 saturated heterocycles. The average molecular weight is 423 g/mol. The smallest absolute Gasteiger partial charge is 0.254 e. The highest BCUT2D eigenvalue weighted by molar-refractivity contribution is 7.13. The Bertz CT molecular complexity index is 1220. The molecule has 0 fully saturated rings.